The molecule has 0 unspecified atom stereocenters. The van der Waals surface area contributed by atoms with Crippen LogP contribution in [0.25, 0.3) is 0 Å². The number of ether oxygens (including phenoxy) is 1. The van der Waals surface area contributed by atoms with E-state index in [1.807, 2.05) is 0 Å². The molecule has 0 saturated heterocycles. The monoisotopic (exact) mass is 470 g/mol. The van der Waals surface area contributed by atoms with Gasteiger partial charge in [-0.15, -0.1) is 0 Å². The molecule has 0 aromatic heterocycles. The van der Waals surface area contributed by atoms with Gasteiger partial charge in [0.05, 0.1) is 18.6 Å². The van der Waals surface area contributed by atoms with Crippen molar-refractivity contribution in [2.75, 3.05) is 7.11 Å². The van der Waals surface area contributed by atoms with Crippen LogP contribution in [-0.4, -0.2) is 24.3 Å². The van der Waals surface area contributed by atoms with Crippen molar-refractivity contribution in [3.05, 3.63) is 11.6 Å². The van der Waals surface area contributed by atoms with Gasteiger partial charge in [0.15, 0.2) is 0 Å². The van der Waals surface area contributed by atoms with E-state index < -0.39 is 0 Å². The zero-order chi connectivity index (χ0) is 24.9. The number of hydrogen-bond acceptors (Lipinski definition) is 3. The van der Waals surface area contributed by atoms with Crippen LogP contribution in [0.3, 0.4) is 0 Å². The zero-order valence-corrected chi connectivity index (χ0v) is 23.2. The quantitative estimate of drug-likeness (QED) is 0.322. The molecule has 1 N–H and O–H groups in total. The first-order chi connectivity index (χ1) is 15.7. The molecule has 0 aliphatic heterocycles. The number of allylic oxidation sites excluding steroid dienone is 2. The van der Waals surface area contributed by atoms with E-state index in [-0.39, 0.29) is 39.1 Å². The smallest absolute Gasteiger partial charge is 0.311 e. The average molecular weight is 471 g/mol. The summed E-state index contributed by atoms with van der Waals surface area (Å²) in [6, 6.07) is 0. The van der Waals surface area contributed by atoms with Crippen LogP contribution < -0.4 is 0 Å². The fourth-order valence-electron chi connectivity index (χ4n) is 10.8. The number of fused-ring (bicyclic) bond motifs is 7. The van der Waals surface area contributed by atoms with Gasteiger partial charge in [-0.25, -0.2) is 0 Å². The van der Waals surface area contributed by atoms with Crippen LogP contribution in [0.2, 0.25) is 0 Å². The molecule has 0 heterocycles. The minimum atomic E-state index is -0.358. The molecule has 3 heteroatoms. The number of aliphatic hydroxyl groups excluding tert-OH is 1. The van der Waals surface area contributed by atoms with Crippen molar-refractivity contribution in [3.8, 4) is 0 Å². The highest BCUT2D eigenvalue weighted by Crippen LogP contribution is 2.75. The Bertz CT molecular complexity index is 904. The van der Waals surface area contributed by atoms with Gasteiger partial charge < -0.3 is 9.84 Å². The summed E-state index contributed by atoms with van der Waals surface area (Å²) < 4.78 is 5.29. The van der Waals surface area contributed by atoms with E-state index in [4.69, 9.17) is 4.74 Å². The molecule has 0 amide bonds. The maximum atomic E-state index is 12.8. The lowest BCUT2D eigenvalue weighted by Gasteiger charge is -2.71. The normalized spacial score (nSPS) is 54.0. The summed E-state index contributed by atoms with van der Waals surface area (Å²) in [5.41, 5.74) is 2.39. The van der Waals surface area contributed by atoms with Crippen LogP contribution in [0, 0.1) is 50.2 Å². The Kier molecular flexibility index (Phi) is 5.38. The Hall–Kier alpha value is -0.830. The summed E-state index contributed by atoms with van der Waals surface area (Å²) in [5, 5.41) is 10.9. The van der Waals surface area contributed by atoms with Gasteiger partial charge in [-0.1, -0.05) is 53.2 Å². The summed E-state index contributed by atoms with van der Waals surface area (Å²) in [7, 11) is 1.56. The van der Waals surface area contributed by atoms with Crippen molar-refractivity contribution in [1.82, 2.24) is 0 Å². The van der Waals surface area contributed by atoms with Gasteiger partial charge in [0, 0.05) is 0 Å². The molecule has 5 rings (SSSR count). The van der Waals surface area contributed by atoms with Crippen molar-refractivity contribution in [1.29, 1.82) is 0 Å². The average Bonchev–Trinajstić information content (AvgIpc) is 2.77. The minimum absolute atomic E-state index is 0.00391. The molecule has 4 fully saturated rings. The van der Waals surface area contributed by atoms with Crippen molar-refractivity contribution in [2.24, 2.45) is 50.2 Å². The number of rotatable bonds is 1. The SMILES string of the molecule is COC(=O)[C@@]1(C)CC[C@]2(C)CC[C@@]3(C)C(=CC[C@@H]4[C@]5(C)CC[C@H](O)C(C)(C)[C@@H]5CC[C@]43C)[C@H]2C1. The Morgan fingerprint density at radius 3 is 2.26 bits per heavy atom. The molecule has 0 bridgehead atoms. The third-order valence-electron chi connectivity index (χ3n) is 13.5. The molecule has 0 aromatic carbocycles. The number of aliphatic hydroxyl groups is 1. The van der Waals surface area contributed by atoms with Gasteiger partial charge in [-0.2, -0.15) is 0 Å². The van der Waals surface area contributed by atoms with Crippen LogP contribution in [0.5, 0.6) is 0 Å². The first-order valence-electron chi connectivity index (χ1n) is 14.2. The van der Waals surface area contributed by atoms with Crippen LogP contribution >= 0.6 is 0 Å². The third kappa shape index (κ3) is 2.94. The summed E-state index contributed by atoms with van der Waals surface area (Å²) in [5.74, 6) is 1.72. The second-order valence-corrected chi connectivity index (χ2v) is 15.1. The van der Waals surface area contributed by atoms with Gasteiger partial charge in [-0.05, 0) is 116 Å². The van der Waals surface area contributed by atoms with E-state index in [1.54, 1.807) is 12.7 Å². The molecular formula is C31H50O3. The lowest BCUT2D eigenvalue weighted by molar-refractivity contribution is -0.203. The van der Waals surface area contributed by atoms with E-state index >= 15 is 0 Å². The Labute approximate surface area is 208 Å². The molecule has 34 heavy (non-hydrogen) atoms. The van der Waals surface area contributed by atoms with Gasteiger partial charge >= 0.3 is 5.97 Å². The summed E-state index contributed by atoms with van der Waals surface area (Å²) in [6.45, 7) is 17.1. The highest BCUT2D eigenvalue weighted by atomic mass is 16.5. The van der Waals surface area contributed by atoms with Crippen LogP contribution in [0.15, 0.2) is 11.6 Å². The topological polar surface area (TPSA) is 46.5 Å². The van der Waals surface area contributed by atoms with E-state index in [0.29, 0.717) is 23.2 Å². The lowest BCUT2D eigenvalue weighted by atomic mass is 9.33. The molecule has 0 spiro atoms. The maximum Gasteiger partial charge on any atom is 0.311 e. The van der Waals surface area contributed by atoms with Gasteiger partial charge in [0.2, 0.25) is 0 Å². The molecule has 3 nitrogen and oxygen atoms in total. The second-order valence-electron chi connectivity index (χ2n) is 15.1. The largest absolute Gasteiger partial charge is 0.469 e. The fourth-order valence-corrected chi connectivity index (χ4v) is 10.8. The number of esters is 1. The highest BCUT2D eigenvalue weighted by Gasteiger charge is 2.68. The summed E-state index contributed by atoms with van der Waals surface area (Å²) in [4.78, 5) is 12.8. The van der Waals surface area contributed by atoms with Gasteiger partial charge in [0.25, 0.3) is 0 Å². The van der Waals surface area contributed by atoms with Crippen molar-refractivity contribution < 1.29 is 14.6 Å². The zero-order valence-electron chi connectivity index (χ0n) is 23.2. The summed E-state index contributed by atoms with van der Waals surface area (Å²) >= 11 is 0. The summed E-state index contributed by atoms with van der Waals surface area (Å²) in [6.07, 6.45) is 13.8. The van der Waals surface area contributed by atoms with Crippen molar-refractivity contribution in [2.45, 2.75) is 119 Å². The maximum absolute atomic E-state index is 12.8. The Morgan fingerprint density at radius 1 is 0.912 bits per heavy atom. The minimum Gasteiger partial charge on any atom is -0.469 e. The Morgan fingerprint density at radius 2 is 1.59 bits per heavy atom. The van der Waals surface area contributed by atoms with E-state index in [1.165, 1.54) is 32.1 Å². The predicted molar refractivity (Wildman–Crippen MR) is 137 cm³/mol. The first-order valence-corrected chi connectivity index (χ1v) is 14.2. The molecule has 5 aliphatic carbocycles. The van der Waals surface area contributed by atoms with Gasteiger partial charge in [0.1, 0.15) is 0 Å². The highest BCUT2D eigenvalue weighted by molar-refractivity contribution is 5.76. The molecule has 0 aromatic rings. The number of carbonyl (C=O) groups is 1. The van der Waals surface area contributed by atoms with Crippen LogP contribution in [0.1, 0.15) is 113 Å². The van der Waals surface area contributed by atoms with Gasteiger partial charge in [-0.3, -0.25) is 4.79 Å². The second kappa shape index (κ2) is 7.36. The van der Waals surface area contributed by atoms with Crippen LogP contribution in [-0.2, 0) is 9.53 Å². The Balaban J connectivity index is 1.56. The number of methoxy groups -OCH3 is 1. The van der Waals surface area contributed by atoms with Crippen molar-refractivity contribution in [3.63, 3.8) is 0 Å². The van der Waals surface area contributed by atoms with Crippen LogP contribution in [0.4, 0.5) is 0 Å². The molecule has 0 radical (unpaired) electrons. The molecule has 4 saturated carbocycles. The molecule has 5 aliphatic rings. The van der Waals surface area contributed by atoms with E-state index in [2.05, 4.69) is 54.5 Å². The standard InChI is InChI=1S/C31H50O3/c1-26(2)22-11-14-31(7)23(29(22,5)13-12-24(26)32)10-9-20-21-19-28(4,25(33)34-8)16-15-27(21,3)17-18-30(20,31)6/h9,21-24,32H,10-19H2,1-8H3/t21-,22+,23-,24+,27-,28+,29-,30+,31-/m1/s1. The number of hydrogen-bond donors (Lipinski definition) is 1. The first kappa shape index (κ1) is 24.8. The van der Waals surface area contributed by atoms with E-state index in [9.17, 15) is 9.90 Å². The molecular weight excluding hydrogens is 420 g/mol. The molecule has 192 valence electrons. The molecule has 9 atom stereocenters. The van der Waals surface area contributed by atoms with Crippen molar-refractivity contribution >= 4 is 5.97 Å². The number of carbonyl (C=O) groups excluding carboxylic acids is 1. The predicted octanol–water partition coefficient (Wildman–Crippen LogP) is 7.32. The third-order valence-corrected chi connectivity index (χ3v) is 13.5. The fraction of sp³-hybridized carbons (Fsp3) is 0.903. The van der Waals surface area contributed by atoms with E-state index in [0.717, 1.165) is 32.1 Å². The lowest BCUT2D eigenvalue weighted by Crippen LogP contribution is -2.64.